The zero-order valence-corrected chi connectivity index (χ0v) is 15.3. The predicted molar refractivity (Wildman–Crippen MR) is 87.1 cm³/mol. The van der Waals surface area contributed by atoms with Crippen LogP contribution in [0.3, 0.4) is 0 Å². The Bertz CT molecular complexity index is 622. The van der Waals surface area contributed by atoms with Crippen molar-refractivity contribution in [3.63, 3.8) is 0 Å². The largest absolute Gasteiger partial charge is 0.419 e. The van der Waals surface area contributed by atoms with Gasteiger partial charge in [0.05, 0.1) is 13.2 Å². The first-order valence-electron chi connectivity index (χ1n) is 9.13. The van der Waals surface area contributed by atoms with Crippen molar-refractivity contribution in [2.75, 3.05) is 13.2 Å². The van der Waals surface area contributed by atoms with Crippen molar-refractivity contribution in [2.24, 2.45) is 23.2 Å². The Morgan fingerprint density at radius 2 is 1.68 bits per heavy atom. The molecule has 2 saturated heterocycles. The topological polar surface area (TPSA) is 71.1 Å². The normalized spacial score (nSPS) is 41.1. The van der Waals surface area contributed by atoms with Crippen molar-refractivity contribution in [2.45, 2.75) is 58.5 Å². The number of hydrogen-bond donors (Lipinski definition) is 0. The fourth-order valence-corrected chi connectivity index (χ4v) is 5.43. The van der Waals surface area contributed by atoms with Crippen molar-refractivity contribution >= 4 is 11.9 Å². The number of allylic oxidation sites excluding steroid dienone is 1. The number of carbonyl (C=O) groups excluding carboxylic acids is 2. The van der Waals surface area contributed by atoms with Crippen LogP contribution in [0.15, 0.2) is 11.6 Å². The van der Waals surface area contributed by atoms with E-state index in [-0.39, 0.29) is 16.9 Å². The van der Waals surface area contributed by atoms with Gasteiger partial charge in [-0.05, 0) is 30.6 Å². The molecule has 4 unspecified atom stereocenters. The minimum atomic E-state index is -1.21. The Balaban J connectivity index is 1.61. The molecule has 6 heteroatoms. The molecule has 0 aromatic heterocycles. The van der Waals surface area contributed by atoms with E-state index in [0.717, 1.165) is 12.8 Å². The number of esters is 2. The summed E-state index contributed by atoms with van der Waals surface area (Å²) in [6.45, 7) is 8.86. The highest BCUT2D eigenvalue weighted by molar-refractivity contribution is 6.15. The molecule has 0 amide bonds. The smallest absolute Gasteiger partial charge is 0.348 e. The Kier molecular flexibility index (Phi) is 3.61. The first-order chi connectivity index (χ1) is 11.7. The molecule has 4 fully saturated rings. The Morgan fingerprint density at radius 3 is 2.28 bits per heavy atom. The number of hydrogen-bond acceptors (Lipinski definition) is 6. The highest BCUT2D eigenvalue weighted by Crippen LogP contribution is 2.68. The number of carbonyl (C=O) groups is 2. The first kappa shape index (κ1) is 17.0. The summed E-state index contributed by atoms with van der Waals surface area (Å²) in [5.74, 6) is -1.97. The standard InChI is InChI=1S/C19H26O6/c1-11-9-12-10-18(11,4)14(19(12)22-7-8-23-19)6-5-13-15(20)24-17(2,3)25-16(13)21/h5,11-12,14H,6-10H2,1-4H3. The fourth-order valence-electron chi connectivity index (χ4n) is 5.43. The molecule has 2 bridgehead atoms. The van der Waals surface area contributed by atoms with Crippen LogP contribution in [0.2, 0.25) is 0 Å². The van der Waals surface area contributed by atoms with Gasteiger partial charge in [-0.3, -0.25) is 0 Å². The van der Waals surface area contributed by atoms with Gasteiger partial charge in [0.2, 0.25) is 0 Å². The molecular formula is C19H26O6. The summed E-state index contributed by atoms with van der Waals surface area (Å²) >= 11 is 0. The molecule has 2 aliphatic heterocycles. The van der Waals surface area contributed by atoms with Crippen LogP contribution in [0.5, 0.6) is 0 Å². The molecule has 6 nitrogen and oxygen atoms in total. The molecule has 0 N–H and O–H groups in total. The van der Waals surface area contributed by atoms with E-state index in [2.05, 4.69) is 13.8 Å². The molecule has 2 heterocycles. The molecule has 2 aliphatic carbocycles. The van der Waals surface area contributed by atoms with Gasteiger partial charge in [-0.25, -0.2) is 9.59 Å². The minimum absolute atomic E-state index is 0.0218. The maximum absolute atomic E-state index is 12.2. The van der Waals surface area contributed by atoms with Crippen molar-refractivity contribution in [1.82, 2.24) is 0 Å². The molecule has 0 radical (unpaired) electrons. The highest BCUT2D eigenvalue weighted by Gasteiger charge is 2.68. The SMILES string of the molecule is CC1CC2CC1(C)C(CC=C1C(=O)OC(C)(C)OC1=O)C21OCCO1. The summed E-state index contributed by atoms with van der Waals surface area (Å²) < 4.78 is 22.6. The van der Waals surface area contributed by atoms with Gasteiger partial charge >= 0.3 is 11.9 Å². The van der Waals surface area contributed by atoms with Crippen LogP contribution in [0, 0.1) is 23.2 Å². The summed E-state index contributed by atoms with van der Waals surface area (Å²) in [7, 11) is 0. The third kappa shape index (κ3) is 2.37. The van der Waals surface area contributed by atoms with Gasteiger partial charge in [-0.1, -0.05) is 19.9 Å². The summed E-state index contributed by atoms with van der Waals surface area (Å²) in [6.07, 6.45) is 4.36. The Morgan fingerprint density at radius 1 is 1.08 bits per heavy atom. The second-order valence-corrected chi connectivity index (χ2v) is 8.55. The van der Waals surface area contributed by atoms with Crippen LogP contribution in [0.25, 0.3) is 0 Å². The van der Waals surface area contributed by atoms with Gasteiger partial charge in [0.25, 0.3) is 5.79 Å². The van der Waals surface area contributed by atoms with Crippen molar-refractivity contribution in [3.8, 4) is 0 Å². The quantitative estimate of drug-likeness (QED) is 0.433. The monoisotopic (exact) mass is 350 g/mol. The van der Waals surface area contributed by atoms with Crippen molar-refractivity contribution < 1.29 is 28.5 Å². The Labute approximate surface area is 147 Å². The third-order valence-corrected chi connectivity index (χ3v) is 6.71. The Hall–Kier alpha value is -1.40. The lowest BCUT2D eigenvalue weighted by Crippen LogP contribution is -2.49. The second-order valence-electron chi connectivity index (χ2n) is 8.55. The van der Waals surface area contributed by atoms with E-state index in [1.165, 1.54) is 0 Å². The van der Waals surface area contributed by atoms with Gasteiger partial charge in [0.15, 0.2) is 5.79 Å². The molecule has 4 aliphatic rings. The number of fused-ring (bicyclic) bond motifs is 3. The van der Waals surface area contributed by atoms with Crippen LogP contribution < -0.4 is 0 Å². The zero-order chi connectivity index (χ0) is 18.0. The predicted octanol–water partition coefficient (Wildman–Crippen LogP) is 2.56. The van der Waals surface area contributed by atoms with Crippen molar-refractivity contribution in [1.29, 1.82) is 0 Å². The lowest BCUT2D eigenvalue weighted by Gasteiger charge is -2.45. The zero-order valence-electron chi connectivity index (χ0n) is 15.3. The molecule has 25 heavy (non-hydrogen) atoms. The number of rotatable bonds is 2. The maximum atomic E-state index is 12.2. The number of ether oxygens (including phenoxy) is 4. The van der Waals surface area contributed by atoms with Crippen LogP contribution in [0.1, 0.15) is 47.0 Å². The number of cyclic esters (lactones) is 2. The van der Waals surface area contributed by atoms with Crippen LogP contribution in [-0.4, -0.2) is 36.7 Å². The molecule has 1 spiro atoms. The summed E-state index contributed by atoms with van der Waals surface area (Å²) in [6, 6.07) is 0. The van der Waals surface area contributed by atoms with Gasteiger partial charge < -0.3 is 18.9 Å². The molecule has 138 valence electrons. The van der Waals surface area contributed by atoms with Gasteiger partial charge in [0, 0.05) is 25.7 Å². The van der Waals surface area contributed by atoms with E-state index in [1.54, 1.807) is 19.9 Å². The average Bonchev–Trinajstić information content (AvgIpc) is 3.13. The molecule has 2 saturated carbocycles. The highest BCUT2D eigenvalue weighted by atomic mass is 16.7. The first-order valence-corrected chi connectivity index (χ1v) is 9.13. The van der Waals surface area contributed by atoms with Crippen LogP contribution >= 0.6 is 0 Å². The average molecular weight is 350 g/mol. The van der Waals surface area contributed by atoms with E-state index in [0.29, 0.717) is 31.5 Å². The van der Waals surface area contributed by atoms with Crippen molar-refractivity contribution in [3.05, 3.63) is 11.6 Å². The summed E-state index contributed by atoms with van der Waals surface area (Å²) in [5.41, 5.74) is 0.0554. The van der Waals surface area contributed by atoms with Gasteiger partial charge in [-0.15, -0.1) is 0 Å². The fraction of sp³-hybridized carbons (Fsp3) is 0.789. The van der Waals surface area contributed by atoms with E-state index < -0.39 is 23.5 Å². The van der Waals surface area contributed by atoms with E-state index in [1.807, 2.05) is 0 Å². The molecule has 4 rings (SSSR count). The van der Waals surface area contributed by atoms with Gasteiger partial charge in [-0.2, -0.15) is 0 Å². The third-order valence-electron chi connectivity index (χ3n) is 6.71. The molecule has 4 atom stereocenters. The summed E-state index contributed by atoms with van der Waals surface area (Å²) in [5, 5.41) is 0. The van der Waals surface area contributed by atoms with E-state index in [4.69, 9.17) is 18.9 Å². The minimum Gasteiger partial charge on any atom is -0.419 e. The maximum Gasteiger partial charge on any atom is 0.348 e. The van der Waals surface area contributed by atoms with Crippen LogP contribution in [0.4, 0.5) is 0 Å². The van der Waals surface area contributed by atoms with E-state index in [9.17, 15) is 9.59 Å². The lowest BCUT2D eigenvalue weighted by molar-refractivity contribution is -0.236. The summed E-state index contributed by atoms with van der Waals surface area (Å²) in [4.78, 5) is 24.4. The molecule has 0 aromatic rings. The lowest BCUT2D eigenvalue weighted by atomic mass is 9.66. The molecule has 0 aromatic carbocycles. The molecular weight excluding hydrogens is 324 g/mol. The van der Waals surface area contributed by atoms with Gasteiger partial charge in [0.1, 0.15) is 5.57 Å². The van der Waals surface area contributed by atoms with E-state index >= 15 is 0 Å². The van der Waals surface area contributed by atoms with Crippen LogP contribution in [-0.2, 0) is 28.5 Å². The second kappa shape index (κ2) is 5.30.